The lowest BCUT2D eigenvalue weighted by molar-refractivity contribution is -0.357. The Labute approximate surface area is 374 Å². The van der Waals surface area contributed by atoms with E-state index in [0.717, 1.165) is 24.2 Å². The van der Waals surface area contributed by atoms with Crippen molar-refractivity contribution in [3.05, 3.63) is 35.3 Å². The molecule has 6 fully saturated rings. The van der Waals surface area contributed by atoms with Gasteiger partial charge in [-0.05, 0) is 77.2 Å². The Morgan fingerprint density at radius 3 is 1.94 bits per heavy atom. The van der Waals surface area contributed by atoms with Crippen molar-refractivity contribution in [2.75, 3.05) is 20.8 Å². The van der Waals surface area contributed by atoms with Gasteiger partial charge in [0.15, 0.2) is 25.2 Å². The first-order valence-electron chi connectivity index (χ1n) is 23.1. The van der Waals surface area contributed by atoms with Crippen molar-refractivity contribution in [3.63, 3.8) is 0 Å². The SMILES string of the molecule is CO[C@@H]1C[C@H](O[C@H]2[C@H](O)C[C@H](O[C@H]3CC4=CC[C@@H]5C(=O)[C@H](c6ccoc6C)CC[C@H]5[C@]4(C)C[C@@H]3O)O[C@@H]2C)O[C@H](C)[C@H]1O[C@H]1C[C@@H](OC)[C@H](O[C@@H]2O[C@@H](CO)[C@H](O)[C@H](O)[C@H]2O)[C@@H](C)O1. The highest BCUT2D eigenvalue weighted by molar-refractivity contribution is 5.89. The smallest absolute Gasteiger partial charge is 0.187 e. The summed E-state index contributed by atoms with van der Waals surface area (Å²) in [6.07, 6.45) is -8.83. The van der Waals surface area contributed by atoms with Crippen LogP contribution in [0.15, 0.2) is 28.4 Å². The minimum Gasteiger partial charge on any atom is -0.469 e. The minimum atomic E-state index is -1.59. The Hall–Kier alpha value is -1.95. The van der Waals surface area contributed by atoms with Crippen LogP contribution < -0.4 is 0 Å². The van der Waals surface area contributed by atoms with Crippen LogP contribution in [-0.2, 0) is 52.2 Å². The van der Waals surface area contributed by atoms with E-state index in [1.807, 2.05) is 26.8 Å². The molecule has 362 valence electrons. The molecule has 0 unspecified atom stereocenters. The lowest BCUT2D eigenvalue weighted by Crippen LogP contribution is -2.62. The Balaban J connectivity index is 0.822. The molecule has 1 aromatic heterocycles. The molecule has 4 aliphatic heterocycles. The molecule has 0 spiro atoms. The first-order chi connectivity index (χ1) is 30.5. The maximum absolute atomic E-state index is 13.8. The molecule has 7 aliphatic rings. The van der Waals surface area contributed by atoms with Crippen LogP contribution in [-0.4, -0.2) is 174 Å². The van der Waals surface area contributed by atoms with E-state index in [1.165, 1.54) is 12.7 Å². The molecule has 18 heteroatoms. The molecule has 3 aliphatic carbocycles. The molecular weight excluding hydrogens is 840 g/mol. The van der Waals surface area contributed by atoms with Gasteiger partial charge < -0.3 is 82.4 Å². The summed E-state index contributed by atoms with van der Waals surface area (Å²) < 4.78 is 66.9. The number of allylic oxidation sites excluding steroid dienone is 1. The van der Waals surface area contributed by atoms with Gasteiger partial charge in [0, 0.05) is 50.9 Å². The third kappa shape index (κ3) is 9.43. The van der Waals surface area contributed by atoms with E-state index < -0.39 is 123 Å². The molecule has 5 heterocycles. The summed E-state index contributed by atoms with van der Waals surface area (Å²) in [5.41, 5.74) is 1.88. The van der Waals surface area contributed by atoms with E-state index in [0.29, 0.717) is 19.3 Å². The maximum Gasteiger partial charge on any atom is 0.187 e. The predicted octanol–water partition coefficient (Wildman–Crippen LogP) is 1.89. The summed E-state index contributed by atoms with van der Waals surface area (Å²) in [5.74, 6) is 0.963. The number of aryl methyl sites for hydroxylation is 1. The Kier molecular flexibility index (Phi) is 15.1. The van der Waals surface area contributed by atoms with Crippen molar-refractivity contribution in [3.8, 4) is 0 Å². The number of hydrogen-bond donors (Lipinski definition) is 6. The summed E-state index contributed by atoms with van der Waals surface area (Å²) in [7, 11) is 3.08. The molecule has 1 aromatic rings. The summed E-state index contributed by atoms with van der Waals surface area (Å²) in [6, 6.07) is 1.92. The van der Waals surface area contributed by atoms with Gasteiger partial charge in [0.2, 0.25) is 0 Å². The average molecular weight is 911 g/mol. The van der Waals surface area contributed by atoms with Crippen molar-refractivity contribution < 1.29 is 87.2 Å². The second kappa shape index (κ2) is 19.9. The molecule has 23 atom stereocenters. The third-order valence-electron chi connectivity index (χ3n) is 15.5. The molecule has 64 heavy (non-hydrogen) atoms. The summed E-state index contributed by atoms with van der Waals surface area (Å²) in [5, 5.41) is 63.6. The monoisotopic (exact) mass is 910 g/mol. The van der Waals surface area contributed by atoms with E-state index in [2.05, 4.69) is 13.0 Å². The van der Waals surface area contributed by atoms with Crippen LogP contribution in [0.2, 0.25) is 0 Å². The van der Waals surface area contributed by atoms with Gasteiger partial charge in [0.1, 0.15) is 54.3 Å². The molecule has 8 rings (SSSR count). The van der Waals surface area contributed by atoms with Gasteiger partial charge in [0.25, 0.3) is 0 Å². The van der Waals surface area contributed by atoms with Crippen LogP contribution in [0.3, 0.4) is 0 Å². The van der Waals surface area contributed by atoms with E-state index in [-0.39, 0.29) is 48.2 Å². The van der Waals surface area contributed by atoms with Gasteiger partial charge in [0.05, 0.1) is 61.7 Å². The Morgan fingerprint density at radius 2 is 1.34 bits per heavy atom. The van der Waals surface area contributed by atoms with E-state index >= 15 is 0 Å². The standard InChI is InChI=1S/C46H70O18/c1-20-25(12-13-56-20)26-10-11-28-27(38(26)50)9-8-24-14-31(30(49)18-46(24,28)5)60-35-15-29(48)42(21(2)57-35)62-36-16-32(54-6)43(22(3)58-36)63-37-17-33(55-7)44(23(4)59-37)64-45-41(53)40(52)39(51)34(19-47)61-45/h8,12-13,21-23,26-37,39-45,47-49,51-53H,9-11,14-19H2,1-7H3/t21-,22-,23-,26+,27+,28-,29-,30+,31+,32-,33-,34+,35+,36+,37+,39+,40+,41-,42-,43-,44-,45+,46-/m1/s1. The second-order valence-corrected chi connectivity index (χ2v) is 19.3. The van der Waals surface area contributed by atoms with Gasteiger partial charge in [-0.15, -0.1) is 0 Å². The summed E-state index contributed by atoms with van der Waals surface area (Å²) >= 11 is 0. The largest absolute Gasteiger partial charge is 0.469 e. The van der Waals surface area contributed by atoms with Crippen LogP contribution in [0.4, 0.5) is 0 Å². The summed E-state index contributed by atoms with van der Waals surface area (Å²) in [6.45, 7) is 8.92. The normalized spacial score (nSPS) is 48.9. The second-order valence-electron chi connectivity index (χ2n) is 19.3. The van der Waals surface area contributed by atoms with Gasteiger partial charge in [-0.25, -0.2) is 0 Å². The average Bonchev–Trinajstić information content (AvgIpc) is 3.69. The van der Waals surface area contributed by atoms with Crippen LogP contribution in [0.25, 0.3) is 0 Å². The zero-order valence-corrected chi connectivity index (χ0v) is 37.9. The highest BCUT2D eigenvalue weighted by atomic mass is 16.8. The molecule has 4 saturated heterocycles. The number of aliphatic hydroxyl groups is 6. The van der Waals surface area contributed by atoms with E-state index in [4.69, 9.17) is 51.8 Å². The topological polar surface area (TPSA) is 244 Å². The zero-order valence-electron chi connectivity index (χ0n) is 37.9. The molecule has 0 aromatic carbocycles. The number of carbonyl (C=O) groups excluding carboxylic acids is 1. The predicted molar refractivity (Wildman–Crippen MR) is 221 cm³/mol. The number of ether oxygens (including phenoxy) is 10. The van der Waals surface area contributed by atoms with Crippen LogP contribution in [0.1, 0.15) is 96.3 Å². The number of hydrogen-bond acceptors (Lipinski definition) is 18. The molecule has 0 bridgehead atoms. The molecule has 2 saturated carbocycles. The zero-order chi connectivity index (χ0) is 45.8. The van der Waals surface area contributed by atoms with Crippen molar-refractivity contribution in [1.29, 1.82) is 0 Å². The van der Waals surface area contributed by atoms with Crippen molar-refractivity contribution in [1.82, 2.24) is 0 Å². The quantitative estimate of drug-likeness (QED) is 0.164. The van der Waals surface area contributed by atoms with E-state index in [1.54, 1.807) is 20.3 Å². The molecule has 18 nitrogen and oxygen atoms in total. The fraction of sp³-hybridized carbons (Fsp3) is 0.848. The lowest BCUT2D eigenvalue weighted by atomic mass is 9.51. The first kappa shape index (κ1) is 48.5. The fourth-order valence-electron chi connectivity index (χ4n) is 11.9. The highest BCUT2D eigenvalue weighted by Gasteiger charge is 2.55. The van der Waals surface area contributed by atoms with Gasteiger partial charge >= 0.3 is 0 Å². The number of furan rings is 1. The Morgan fingerprint density at radius 1 is 0.734 bits per heavy atom. The van der Waals surface area contributed by atoms with Gasteiger partial charge in [-0.3, -0.25) is 4.79 Å². The number of fused-ring (bicyclic) bond motifs is 3. The summed E-state index contributed by atoms with van der Waals surface area (Å²) in [4.78, 5) is 13.8. The van der Waals surface area contributed by atoms with Crippen molar-refractivity contribution in [2.24, 2.45) is 17.3 Å². The highest BCUT2D eigenvalue weighted by Crippen LogP contribution is 2.58. The maximum atomic E-state index is 13.8. The van der Waals surface area contributed by atoms with Crippen LogP contribution >= 0.6 is 0 Å². The lowest BCUT2D eigenvalue weighted by Gasteiger charge is -2.54. The molecule has 6 N–H and O–H groups in total. The van der Waals surface area contributed by atoms with Crippen molar-refractivity contribution >= 4 is 5.78 Å². The first-order valence-corrected chi connectivity index (χ1v) is 23.1. The fourth-order valence-corrected chi connectivity index (χ4v) is 11.9. The minimum absolute atomic E-state index is 0.0972. The molecule has 0 radical (unpaired) electrons. The number of aliphatic hydroxyl groups excluding tert-OH is 6. The molecule has 0 amide bonds. The molecular formula is C46H70O18. The van der Waals surface area contributed by atoms with Crippen LogP contribution in [0, 0.1) is 24.2 Å². The van der Waals surface area contributed by atoms with Gasteiger partial charge in [-0.2, -0.15) is 0 Å². The van der Waals surface area contributed by atoms with Crippen LogP contribution in [0.5, 0.6) is 0 Å². The number of rotatable bonds is 12. The van der Waals surface area contributed by atoms with Gasteiger partial charge in [-0.1, -0.05) is 18.6 Å². The number of methoxy groups -OCH3 is 2. The number of ketones is 1. The number of Topliss-reactive ketones (excluding diaryl/α,β-unsaturated/α-hetero) is 1. The Bertz CT molecular complexity index is 1740. The third-order valence-corrected chi connectivity index (χ3v) is 15.5. The number of carbonyl (C=O) groups is 1. The van der Waals surface area contributed by atoms with Crippen molar-refractivity contribution in [2.45, 2.75) is 209 Å². The van der Waals surface area contributed by atoms with E-state index in [9.17, 15) is 35.4 Å².